The van der Waals surface area contributed by atoms with E-state index in [1.54, 1.807) is 4.90 Å². The Morgan fingerprint density at radius 3 is 2.46 bits per heavy atom. The number of amides is 1. The minimum absolute atomic E-state index is 0.00969. The van der Waals surface area contributed by atoms with Gasteiger partial charge in [-0.15, -0.1) is 0 Å². The van der Waals surface area contributed by atoms with Crippen molar-refractivity contribution in [2.75, 3.05) is 19.8 Å². The van der Waals surface area contributed by atoms with Crippen molar-refractivity contribution in [1.82, 2.24) is 4.90 Å². The number of ether oxygens (including phenoxy) is 1. The molecule has 0 saturated carbocycles. The number of hydrogen-bond acceptors (Lipinski definition) is 4. The van der Waals surface area contributed by atoms with Crippen LogP contribution in [-0.4, -0.2) is 46.6 Å². The lowest BCUT2D eigenvalue weighted by Gasteiger charge is -2.45. The number of aryl methyl sites for hydroxylation is 1. The predicted molar refractivity (Wildman–Crippen MR) is 92.6 cm³/mol. The molecule has 0 aliphatic carbocycles. The van der Waals surface area contributed by atoms with Crippen LogP contribution >= 0.6 is 0 Å². The third kappa shape index (κ3) is 4.08. The number of likely N-dealkylation sites (tertiary alicyclic amines) is 1. The summed E-state index contributed by atoms with van der Waals surface area (Å²) in [6, 6.07) is 7.58. The first-order chi connectivity index (χ1) is 11.3. The third-order valence-corrected chi connectivity index (χ3v) is 4.67. The van der Waals surface area contributed by atoms with Gasteiger partial charge in [0.2, 0.25) is 0 Å². The molecule has 2 rings (SSSR count). The maximum Gasteiger partial charge on any atom is 0.410 e. The van der Waals surface area contributed by atoms with Crippen molar-refractivity contribution in [3.8, 4) is 0 Å². The molecule has 1 aliphatic rings. The van der Waals surface area contributed by atoms with Crippen LogP contribution in [0.3, 0.4) is 0 Å². The van der Waals surface area contributed by atoms with Gasteiger partial charge in [0, 0.05) is 25.7 Å². The molecule has 0 spiro atoms. The van der Waals surface area contributed by atoms with Crippen molar-refractivity contribution < 1.29 is 19.7 Å². The molecular weight excluding hydrogens is 306 g/mol. The van der Waals surface area contributed by atoms with E-state index in [1.165, 1.54) is 0 Å². The second kappa shape index (κ2) is 7.53. The number of aliphatic hydroxyl groups is 2. The summed E-state index contributed by atoms with van der Waals surface area (Å²) in [4.78, 5) is 14.4. The number of carbonyl (C=O) groups is 1. The molecule has 24 heavy (non-hydrogen) atoms. The zero-order chi connectivity index (χ0) is 17.9. The van der Waals surface area contributed by atoms with E-state index >= 15 is 0 Å². The van der Waals surface area contributed by atoms with E-state index in [1.807, 2.05) is 52.0 Å². The molecule has 1 saturated heterocycles. The van der Waals surface area contributed by atoms with Gasteiger partial charge >= 0.3 is 6.09 Å². The lowest BCUT2D eigenvalue weighted by atomic mass is 9.77. The number of rotatable bonds is 3. The molecule has 0 aromatic heterocycles. The number of hydrogen-bond donors (Lipinski definition) is 2. The van der Waals surface area contributed by atoms with Crippen LogP contribution < -0.4 is 0 Å². The molecular formula is C19H29NO4. The lowest BCUT2D eigenvalue weighted by molar-refractivity contribution is -0.0319. The Morgan fingerprint density at radius 1 is 1.25 bits per heavy atom. The summed E-state index contributed by atoms with van der Waals surface area (Å²) >= 11 is 0. The lowest BCUT2D eigenvalue weighted by Crippen LogP contribution is -2.50. The van der Waals surface area contributed by atoms with Crippen molar-refractivity contribution in [2.45, 2.75) is 45.8 Å². The Morgan fingerprint density at radius 2 is 1.92 bits per heavy atom. The average molecular weight is 335 g/mol. The second-order valence-electron chi connectivity index (χ2n) is 7.55. The maximum absolute atomic E-state index is 12.7. The second-order valence-corrected chi connectivity index (χ2v) is 7.55. The molecule has 1 fully saturated rings. The van der Waals surface area contributed by atoms with Gasteiger partial charge in [-0.2, -0.15) is 0 Å². The fraction of sp³-hybridized carbons (Fsp3) is 0.632. The summed E-state index contributed by atoms with van der Waals surface area (Å²) in [6.07, 6.45) is 0.286. The van der Waals surface area contributed by atoms with E-state index in [2.05, 4.69) is 0 Å². The van der Waals surface area contributed by atoms with E-state index in [4.69, 9.17) is 4.74 Å². The smallest absolute Gasteiger partial charge is 0.410 e. The number of carbonyl (C=O) groups excluding carboxylic acids is 1. The summed E-state index contributed by atoms with van der Waals surface area (Å²) in [5.74, 6) is -0.240. The number of benzene rings is 1. The Hall–Kier alpha value is -1.59. The molecule has 1 aromatic carbocycles. The molecule has 0 radical (unpaired) electrons. The molecule has 1 amide bonds. The number of nitrogens with zero attached hydrogens (tertiary/aromatic N) is 1. The van der Waals surface area contributed by atoms with Crippen LogP contribution in [0, 0.1) is 18.8 Å². The van der Waals surface area contributed by atoms with Gasteiger partial charge in [-0.05, 0) is 51.2 Å². The molecule has 0 bridgehead atoms. The van der Waals surface area contributed by atoms with Gasteiger partial charge in [-0.3, -0.25) is 0 Å². The maximum atomic E-state index is 12.7. The van der Waals surface area contributed by atoms with Gasteiger partial charge in [-0.1, -0.05) is 24.3 Å². The summed E-state index contributed by atoms with van der Waals surface area (Å²) in [7, 11) is 0. The van der Waals surface area contributed by atoms with Crippen LogP contribution in [-0.2, 0) is 4.74 Å². The normalized spacial score (nSPS) is 24.8. The van der Waals surface area contributed by atoms with Gasteiger partial charge < -0.3 is 19.8 Å². The van der Waals surface area contributed by atoms with Crippen LogP contribution in [0.2, 0.25) is 0 Å². The Balaban J connectivity index is 2.41. The summed E-state index contributed by atoms with van der Waals surface area (Å²) in [5, 5.41) is 19.6. The Kier molecular flexibility index (Phi) is 5.88. The van der Waals surface area contributed by atoms with Crippen LogP contribution in [0.4, 0.5) is 4.79 Å². The fourth-order valence-electron chi connectivity index (χ4n) is 3.47. The highest BCUT2D eigenvalue weighted by molar-refractivity contribution is 5.69. The van der Waals surface area contributed by atoms with Gasteiger partial charge in [0.1, 0.15) is 5.60 Å². The van der Waals surface area contributed by atoms with E-state index in [-0.39, 0.29) is 37.2 Å². The topological polar surface area (TPSA) is 70.0 Å². The number of aliphatic hydroxyl groups excluding tert-OH is 2. The molecule has 1 aromatic rings. The van der Waals surface area contributed by atoms with Crippen LogP contribution in [0.25, 0.3) is 0 Å². The van der Waals surface area contributed by atoms with Crippen LogP contribution in [0.15, 0.2) is 24.3 Å². The average Bonchev–Trinajstić information content (AvgIpc) is 2.52. The number of piperidine rings is 1. The standard InChI is InChI=1S/C19H29NO4/c1-13-7-5-6-8-15(13)17-16(12-22)14(11-21)9-10-20(17)18(23)24-19(2,3)4/h5-8,14,16-17,21-22H,9-12H2,1-4H3/t14?,16-,17?/m1/s1. The molecule has 134 valence electrons. The molecule has 3 atom stereocenters. The molecule has 1 aliphatic heterocycles. The monoisotopic (exact) mass is 335 g/mol. The minimum Gasteiger partial charge on any atom is -0.444 e. The fourth-order valence-corrected chi connectivity index (χ4v) is 3.47. The van der Waals surface area contributed by atoms with Crippen molar-refractivity contribution in [3.05, 3.63) is 35.4 Å². The highest BCUT2D eigenvalue weighted by Gasteiger charge is 2.42. The first kappa shape index (κ1) is 18.7. The molecule has 5 nitrogen and oxygen atoms in total. The van der Waals surface area contributed by atoms with E-state index in [0.29, 0.717) is 13.0 Å². The zero-order valence-electron chi connectivity index (χ0n) is 15.0. The highest BCUT2D eigenvalue weighted by atomic mass is 16.6. The zero-order valence-corrected chi connectivity index (χ0v) is 15.0. The summed E-state index contributed by atoms with van der Waals surface area (Å²) in [5.41, 5.74) is 1.49. The largest absolute Gasteiger partial charge is 0.444 e. The molecule has 2 N–H and O–H groups in total. The Labute approximate surface area is 144 Å². The predicted octanol–water partition coefficient (Wildman–Crippen LogP) is 2.89. The molecule has 2 unspecified atom stereocenters. The van der Waals surface area contributed by atoms with E-state index < -0.39 is 5.60 Å². The minimum atomic E-state index is -0.574. The van der Waals surface area contributed by atoms with Crippen molar-refractivity contribution in [1.29, 1.82) is 0 Å². The summed E-state index contributed by atoms with van der Waals surface area (Å²) in [6.45, 7) is 7.97. The summed E-state index contributed by atoms with van der Waals surface area (Å²) < 4.78 is 5.57. The van der Waals surface area contributed by atoms with Crippen LogP contribution in [0.5, 0.6) is 0 Å². The van der Waals surface area contributed by atoms with Crippen molar-refractivity contribution >= 4 is 6.09 Å². The van der Waals surface area contributed by atoms with Gasteiger partial charge in [0.15, 0.2) is 0 Å². The quantitative estimate of drug-likeness (QED) is 0.891. The van der Waals surface area contributed by atoms with Gasteiger partial charge in [0.05, 0.1) is 6.04 Å². The van der Waals surface area contributed by atoms with Crippen molar-refractivity contribution in [2.24, 2.45) is 11.8 Å². The molecule has 1 heterocycles. The van der Waals surface area contributed by atoms with Crippen molar-refractivity contribution in [3.63, 3.8) is 0 Å². The Bertz CT molecular complexity index is 567. The highest BCUT2D eigenvalue weighted by Crippen LogP contribution is 2.41. The van der Waals surface area contributed by atoms with E-state index in [0.717, 1.165) is 11.1 Å². The first-order valence-corrected chi connectivity index (χ1v) is 8.55. The molecule has 5 heteroatoms. The van der Waals surface area contributed by atoms with Gasteiger partial charge in [-0.25, -0.2) is 4.79 Å². The van der Waals surface area contributed by atoms with Crippen LogP contribution in [0.1, 0.15) is 44.4 Å². The SMILES string of the molecule is Cc1ccccc1C1[C@H](CO)C(CO)CCN1C(=O)OC(C)(C)C. The third-order valence-electron chi connectivity index (χ3n) is 4.67. The van der Waals surface area contributed by atoms with E-state index in [9.17, 15) is 15.0 Å². The van der Waals surface area contributed by atoms with Gasteiger partial charge in [0.25, 0.3) is 0 Å². The first-order valence-electron chi connectivity index (χ1n) is 8.55.